The van der Waals surface area contributed by atoms with Gasteiger partial charge in [0.05, 0.1) is 11.3 Å². The van der Waals surface area contributed by atoms with E-state index in [1.54, 1.807) is 12.1 Å². The summed E-state index contributed by atoms with van der Waals surface area (Å²) < 4.78 is 0. The summed E-state index contributed by atoms with van der Waals surface area (Å²) >= 11 is 7.17. The molecule has 0 aromatic carbocycles. The predicted octanol–water partition coefficient (Wildman–Crippen LogP) is 3.68. The van der Waals surface area contributed by atoms with E-state index < -0.39 is 0 Å². The number of rotatable bonds is 4. The Morgan fingerprint density at radius 2 is 2.22 bits per heavy atom. The molecule has 1 fully saturated rings. The topological polar surface area (TPSA) is 58.1 Å². The molecule has 0 unspecified atom stereocenters. The van der Waals surface area contributed by atoms with Gasteiger partial charge in [-0.25, -0.2) is 9.97 Å². The first kappa shape index (κ1) is 16.4. The molecule has 3 rings (SSSR count). The number of piperidine rings is 1. The van der Waals surface area contributed by atoms with Gasteiger partial charge >= 0.3 is 0 Å². The molecule has 122 valence electrons. The van der Waals surface area contributed by atoms with E-state index in [0.717, 1.165) is 31.2 Å². The SMILES string of the molecule is CC1CCN(Cc2csc(NC(=O)c3ccc(Cl)nc3)n2)CC1. The van der Waals surface area contributed by atoms with Crippen molar-refractivity contribution in [3.63, 3.8) is 0 Å². The number of hydrogen-bond acceptors (Lipinski definition) is 5. The van der Waals surface area contributed by atoms with Crippen molar-refractivity contribution in [2.24, 2.45) is 5.92 Å². The van der Waals surface area contributed by atoms with Crippen molar-refractivity contribution in [1.29, 1.82) is 0 Å². The number of carbonyl (C=O) groups excluding carboxylic acids is 1. The second kappa shape index (κ2) is 7.38. The van der Waals surface area contributed by atoms with Crippen LogP contribution in [0.2, 0.25) is 5.15 Å². The lowest BCUT2D eigenvalue weighted by molar-refractivity contribution is 0.102. The van der Waals surface area contributed by atoms with Crippen molar-refractivity contribution in [2.45, 2.75) is 26.3 Å². The highest BCUT2D eigenvalue weighted by Crippen LogP contribution is 2.21. The fourth-order valence-electron chi connectivity index (χ4n) is 2.57. The number of amides is 1. The minimum atomic E-state index is -0.220. The Kier molecular flexibility index (Phi) is 5.25. The predicted molar refractivity (Wildman–Crippen MR) is 93.0 cm³/mol. The third-order valence-corrected chi connectivity index (χ3v) is 5.05. The smallest absolute Gasteiger partial charge is 0.259 e. The summed E-state index contributed by atoms with van der Waals surface area (Å²) in [5.74, 6) is 0.603. The third kappa shape index (κ3) is 4.50. The van der Waals surface area contributed by atoms with Gasteiger partial charge < -0.3 is 0 Å². The fourth-order valence-corrected chi connectivity index (χ4v) is 3.37. The van der Waals surface area contributed by atoms with Crippen LogP contribution in [0.5, 0.6) is 0 Å². The van der Waals surface area contributed by atoms with Gasteiger partial charge in [-0.2, -0.15) is 0 Å². The van der Waals surface area contributed by atoms with E-state index in [-0.39, 0.29) is 5.91 Å². The molecule has 1 aliphatic heterocycles. The fraction of sp³-hybridized carbons (Fsp3) is 0.438. The van der Waals surface area contributed by atoms with Crippen molar-refractivity contribution >= 4 is 34.0 Å². The monoisotopic (exact) mass is 350 g/mol. The first-order chi connectivity index (χ1) is 11.1. The number of nitrogens with zero attached hydrogens (tertiary/aromatic N) is 3. The van der Waals surface area contributed by atoms with E-state index in [0.29, 0.717) is 15.8 Å². The number of halogens is 1. The molecule has 0 bridgehead atoms. The average Bonchev–Trinajstić information content (AvgIpc) is 2.97. The minimum Gasteiger partial charge on any atom is -0.298 e. The lowest BCUT2D eigenvalue weighted by atomic mass is 9.99. The summed E-state index contributed by atoms with van der Waals surface area (Å²) in [6.07, 6.45) is 3.95. The molecular formula is C16H19ClN4OS. The number of thiazole rings is 1. The van der Waals surface area contributed by atoms with Gasteiger partial charge in [-0.05, 0) is 44.0 Å². The van der Waals surface area contributed by atoms with Crippen LogP contribution in [-0.2, 0) is 6.54 Å². The molecule has 1 amide bonds. The van der Waals surface area contributed by atoms with Crippen LogP contribution in [0, 0.1) is 5.92 Å². The molecule has 23 heavy (non-hydrogen) atoms. The molecule has 7 heteroatoms. The van der Waals surface area contributed by atoms with Crippen LogP contribution in [0.1, 0.15) is 35.8 Å². The van der Waals surface area contributed by atoms with Crippen molar-refractivity contribution in [2.75, 3.05) is 18.4 Å². The lowest BCUT2D eigenvalue weighted by Gasteiger charge is -2.29. The Bertz CT molecular complexity index is 665. The van der Waals surface area contributed by atoms with E-state index >= 15 is 0 Å². The van der Waals surface area contributed by atoms with Gasteiger partial charge in [0.25, 0.3) is 5.91 Å². The quantitative estimate of drug-likeness (QED) is 0.854. The average molecular weight is 351 g/mol. The Balaban J connectivity index is 1.56. The zero-order chi connectivity index (χ0) is 16.2. The molecule has 0 atom stereocenters. The molecule has 3 heterocycles. The molecule has 1 saturated heterocycles. The first-order valence-electron chi connectivity index (χ1n) is 7.70. The molecule has 0 radical (unpaired) electrons. The number of aromatic nitrogens is 2. The largest absolute Gasteiger partial charge is 0.298 e. The summed E-state index contributed by atoms with van der Waals surface area (Å²) in [4.78, 5) is 23.0. The summed E-state index contributed by atoms with van der Waals surface area (Å²) in [6, 6.07) is 3.25. The van der Waals surface area contributed by atoms with E-state index in [1.807, 2.05) is 5.38 Å². The molecule has 0 aliphatic carbocycles. The highest BCUT2D eigenvalue weighted by molar-refractivity contribution is 7.13. The lowest BCUT2D eigenvalue weighted by Crippen LogP contribution is -2.32. The second-order valence-corrected chi connectivity index (χ2v) is 7.17. The Morgan fingerprint density at radius 3 is 2.91 bits per heavy atom. The van der Waals surface area contributed by atoms with E-state index in [4.69, 9.17) is 11.6 Å². The Labute approximate surface area is 144 Å². The zero-order valence-electron chi connectivity index (χ0n) is 13.0. The summed E-state index contributed by atoms with van der Waals surface area (Å²) in [5, 5.41) is 5.80. The van der Waals surface area contributed by atoms with Crippen LogP contribution in [0.3, 0.4) is 0 Å². The van der Waals surface area contributed by atoms with Crippen LogP contribution in [0.15, 0.2) is 23.7 Å². The highest BCUT2D eigenvalue weighted by atomic mass is 35.5. The maximum Gasteiger partial charge on any atom is 0.259 e. The first-order valence-corrected chi connectivity index (χ1v) is 8.95. The van der Waals surface area contributed by atoms with Crippen LogP contribution in [-0.4, -0.2) is 33.9 Å². The van der Waals surface area contributed by atoms with Crippen LogP contribution in [0.25, 0.3) is 0 Å². The molecule has 5 nitrogen and oxygen atoms in total. The molecule has 1 aliphatic rings. The van der Waals surface area contributed by atoms with E-state index in [1.165, 1.54) is 30.4 Å². The van der Waals surface area contributed by atoms with Gasteiger partial charge in [-0.1, -0.05) is 18.5 Å². The molecule has 0 spiro atoms. The van der Waals surface area contributed by atoms with Crippen molar-refractivity contribution < 1.29 is 4.79 Å². The van der Waals surface area contributed by atoms with Gasteiger partial charge in [0.1, 0.15) is 5.15 Å². The van der Waals surface area contributed by atoms with Crippen molar-refractivity contribution in [3.8, 4) is 0 Å². The third-order valence-electron chi connectivity index (χ3n) is 4.02. The van der Waals surface area contributed by atoms with Crippen LogP contribution < -0.4 is 5.32 Å². The van der Waals surface area contributed by atoms with E-state index in [9.17, 15) is 4.79 Å². The number of hydrogen-bond donors (Lipinski definition) is 1. The normalized spacial score (nSPS) is 16.4. The minimum absolute atomic E-state index is 0.220. The Morgan fingerprint density at radius 1 is 1.43 bits per heavy atom. The van der Waals surface area contributed by atoms with Crippen LogP contribution >= 0.6 is 22.9 Å². The van der Waals surface area contributed by atoms with Crippen molar-refractivity contribution in [3.05, 3.63) is 40.1 Å². The second-order valence-electron chi connectivity index (χ2n) is 5.93. The molecule has 0 saturated carbocycles. The zero-order valence-corrected chi connectivity index (χ0v) is 14.5. The number of carbonyl (C=O) groups is 1. The number of anilines is 1. The van der Waals surface area contributed by atoms with E-state index in [2.05, 4.69) is 27.1 Å². The van der Waals surface area contributed by atoms with Gasteiger partial charge in [-0.3, -0.25) is 15.0 Å². The van der Waals surface area contributed by atoms with Gasteiger partial charge in [0.2, 0.25) is 0 Å². The highest BCUT2D eigenvalue weighted by Gasteiger charge is 2.17. The molecule has 1 N–H and O–H groups in total. The van der Waals surface area contributed by atoms with Gasteiger partial charge in [-0.15, -0.1) is 11.3 Å². The Hall–Kier alpha value is -1.50. The number of nitrogens with one attached hydrogen (secondary N) is 1. The van der Waals surface area contributed by atoms with Crippen molar-refractivity contribution in [1.82, 2.24) is 14.9 Å². The summed E-state index contributed by atoms with van der Waals surface area (Å²) in [6.45, 7) is 5.40. The van der Waals surface area contributed by atoms with Gasteiger partial charge in [0.15, 0.2) is 5.13 Å². The number of pyridine rings is 1. The summed E-state index contributed by atoms with van der Waals surface area (Å²) in [5.41, 5.74) is 1.48. The molecular weight excluding hydrogens is 332 g/mol. The number of likely N-dealkylation sites (tertiary alicyclic amines) is 1. The standard InChI is InChI=1S/C16H19ClN4OS/c1-11-4-6-21(7-5-11)9-13-10-23-16(19-13)20-15(22)12-2-3-14(17)18-8-12/h2-3,8,10-11H,4-7,9H2,1H3,(H,19,20,22). The molecule has 2 aromatic heterocycles. The van der Waals surface area contributed by atoms with Gasteiger partial charge in [0, 0.05) is 18.1 Å². The molecule has 2 aromatic rings. The van der Waals surface area contributed by atoms with Crippen LogP contribution in [0.4, 0.5) is 5.13 Å². The maximum absolute atomic E-state index is 12.1. The maximum atomic E-state index is 12.1. The summed E-state index contributed by atoms with van der Waals surface area (Å²) in [7, 11) is 0.